The van der Waals surface area contributed by atoms with E-state index < -0.39 is 0 Å². The van der Waals surface area contributed by atoms with Crippen LogP contribution < -0.4 is 5.32 Å². The fourth-order valence-corrected chi connectivity index (χ4v) is 2.78. The number of benzene rings is 1. The van der Waals surface area contributed by atoms with Crippen molar-refractivity contribution < 1.29 is 13.7 Å². The van der Waals surface area contributed by atoms with Crippen LogP contribution in [0.2, 0.25) is 0 Å². The quantitative estimate of drug-likeness (QED) is 0.731. The van der Waals surface area contributed by atoms with E-state index in [1.165, 1.54) is 11.8 Å². The van der Waals surface area contributed by atoms with Crippen LogP contribution in [0.3, 0.4) is 0 Å². The molecule has 3 rings (SSSR count). The van der Waals surface area contributed by atoms with Gasteiger partial charge in [-0.05, 0) is 26.0 Å². The first-order valence-corrected chi connectivity index (χ1v) is 8.52. The summed E-state index contributed by atoms with van der Waals surface area (Å²) in [5, 5.41) is 6.18. The molecule has 0 aliphatic heterocycles. The second-order valence-corrected chi connectivity index (χ2v) is 6.61. The first kappa shape index (κ1) is 16.3. The molecule has 0 aliphatic rings. The van der Waals surface area contributed by atoms with Gasteiger partial charge in [0.05, 0.1) is 16.6 Å². The Hall–Kier alpha value is -2.54. The van der Waals surface area contributed by atoms with Crippen LogP contribution >= 0.6 is 11.8 Å². The van der Waals surface area contributed by atoms with Gasteiger partial charge in [0.1, 0.15) is 6.26 Å². The summed E-state index contributed by atoms with van der Waals surface area (Å²) in [7, 11) is 0. The summed E-state index contributed by atoms with van der Waals surface area (Å²) in [4.78, 5) is 16.6. The Bertz CT molecular complexity index is 813. The molecular formula is C17H17N3O3S. The van der Waals surface area contributed by atoms with Gasteiger partial charge in [0, 0.05) is 17.4 Å². The molecule has 0 saturated carbocycles. The van der Waals surface area contributed by atoms with Crippen molar-refractivity contribution in [2.75, 3.05) is 5.32 Å². The highest BCUT2D eigenvalue weighted by Gasteiger charge is 2.16. The Morgan fingerprint density at radius 1 is 1.33 bits per heavy atom. The maximum Gasteiger partial charge on any atom is 0.239 e. The van der Waals surface area contributed by atoms with Crippen LogP contribution in [0.1, 0.15) is 18.3 Å². The topological polar surface area (TPSA) is 81.2 Å². The largest absolute Gasteiger partial charge is 0.444 e. The van der Waals surface area contributed by atoms with Crippen LogP contribution in [0.15, 0.2) is 51.6 Å². The molecule has 3 aromatic rings. The molecule has 0 aliphatic carbocycles. The highest BCUT2D eigenvalue weighted by molar-refractivity contribution is 7.99. The Balaban J connectivity index is 1.53. The van der Waals surface area contributed by atoms with Gasteiger partial charge in [-0.3, -0.25) is 10.1 Å². The number of nitrogens with one attached hydrogen (secondary N) is 1. The van der Waals surface area contributed by atoms with Gasteiger partial charge < -0.3 is 8.94 Å². The van der Waals surface area contributed by atoms with Gasteiger partial charge in [0.25, 0.3) is 0 Å². The zero-order valence-electron chi connectivity index (χ0n) is 13.4. The van der Waals surface area contributed by atoms with E-state index in [1.807, 2.05) is 37.3 Å². The van der Waals surface area contributed by atoms with E-state index in [0.717, 1.165) is 17.0 Å². The molecule has 24 heavy (non-hydrogen) atoms. The molecule has 0 saturated heterocycles. The zero-order chi connectivity index (χ0) is 16.9. The lowest BCUT2D eigenvalue weighted by Gasteiger charge is -2.08. The van der Waals surface area contributed by atoms with Gasteiger partial charge in [-0.25, -0.2) is 4.98 Å². The standard InChI is InChI=1S/C17H17N3O3S/c1-11-8-15(23-20-11)19-16(21)12(2)24-10-14-9-22-17(18-14)13-6-4-3-5-7-13/h3-9,12H,10H2,1-2H3,(H,19,21). The van der Waals surface area contributed by atoms with Crippen LogP contribution in [0, 0.1) is 6.92 Å². The minimum atomic E-state index is -0.257. The van der Waals surface area contributed by atoms with Crippen molar-refractivity contribution >= 4 is 23.6 Å². The Kier molecular flexibility index (Phi) is 5.00. The molecule has 1 amide bonds. The average molecular weight is 343 g/mol. The minimum Gasteiger partial charge on any atom is -0.444 e. The summed E-state index contributed by atoms with van der Waals surface area (Å²) >= 11 is 1.48. The van der Waals surface area contributed by atoms with E-state index in [1.54, 1.807) is 19.3 Å². The van der Waals surface area contributed by atoms with Crippen molar-refractivity contribution in [1.82, 2.24) is 10.1 Å². The third kappa shape index (κ3) is 4.05. The summed E-state index contributed by atoms with van der Waals surface area (Å²) in [6, 6.07) is 11.4. The van der Waals surface area contributed by atoms with E-state index in [0.29, 0.717) is 17.5 Å². The molecule has 124 valence electrons. The third-order valence-corrected chi connectivity index (χ3v) is 4.47. The molecule has 0 bridgehead atoms. The number of thioether (sulfide) groups is 1. The third-order valence-electron chi connectivity index (χ3n) is 3.30. The molecule has 0 spiro atoms. The first-order valence-electron chi connectivity index (χ1n) is 7.47. The molecule has 1 N–H and O–H groups in total. The Morgan fingerprint density at radius 3 is 2.83 bits per heavy atom. The Labute approximate surface area is 143 Å². The molecule has 2 heterocycles. The fraction of sp³-hybridized carbons (Fsp3) is 0.235. The van der Waals surface area contributed by atoms with E-state index in [9.17, 15) is 4.79 Å². The van der Waals surface area contributed by atoms with Crippen molar-refractivity contribution in [3.63, 3.8) is 0 Å². The molecule has 7 heteroatoms. The summed E-state index contributed by atoms with van der Waals surface area (Å²) in [6.45, 7) is 3.63. The van der Waals surface area contributed by atoms with Gasteiger partial charge in [0.15, 0.2) is 0 Å². The number of carbonyl (C=O) groups excluding carboxylic acids is 1. The maximum absolute atomic E-state index is 12.1. The van der Waals surface area contributed by atoms with E-state index in [4.69, 9.17) is 8.94 Å². The highest BCUT2D eigenvalue weighted by atomic mass is 32.2. The van der Waals surface area contributed by atoms with Crippen LogP contribution in [0.4, 0.5) is 5.88 Å². The lowest BCUT2D eigenvalue weighted by Crippen LogP contribution is -2.22. The summed E-state index contributed by atoms with van der Waals surface area (Å²) in [5.74, 6) is 1.39. The van der Waals surface area contributed by atoms with Crippen LogP contribution in [0.5, 0.6) is 0 Å². The minimum absolute atomic E-state index is 0.136. The van der Waals surface area contributed by atoms with Gasteiger partial charge in [-0.15, -0.1) is 11.8 Å². The van der Waals surface area contributed by atoms with E-state index in [2.05, 4.69) is 15.5 Å². The van der Waals surface area contributed by atoms with Crippen LogP contribution in [0.25, 0.3) is 11.5 Å². The van der Waals surface area contributed by atoms with Gasteiger partial charge in [0.2, 0.25) is 17.7 Å². The predicted molar refractivity (Wildman–Crippen MR) is 92.6 cm³/mol. The lowest BCUT2D eigenvalue weighted by atomic mass is 10.2. The lowest BCUT2D eigenvalue weighted by molar-refractivity contribution is -0.115. The Morgan fingerprint density at radius 2 is 2.12 bits per heavy atom. The number of carbonyl (C=O) groups is 1. The normalized spacial score (nSPS) is 12.1. The molecule has 1 aromatic carbocycles. The number of nitrogens with zero attached hydrogens (tertiary/aromatic N) is 2. The van der Waals surface area contributed by atoms with Crippen molar-refractivity contribution in [3.05, 3.63) is 54.0 Å². The zero-order valence-corrected chi connectivity index (χ0v) is 14.2. The predicted octanol–water partition coefficient (Wildman–Crippen LogP) is 3.90. The maximum atomic E-state index is 12.1. The molecule has 1 atom stereocenters. The number of anilines is 1. The molecule has 0 radical (unpaired) electrons. The van der Waals surface area contributed by atoms with Gasteiger partial charge >= 0.3 is 0 Å². The molecule has 2 aromatic heterocycles. The number of hydrogen-bond acceptors (Lipinski definition) is 6. The van der Waals surface area contributed by atoms with Crippen molar-refractivity contribution in [2.24, 2.45) is 0 Å². The summed E-state index contributed by atoms with van der Waals surface area (Å²) in [6.07, 6.45) is 1.62. The second-order valence-electron chi connectivity index (χ2n) is 5.29. The molecule has 0 fully saturated rings. The number of hydrogen-bond donors (Lipinski definition) is 1. The van der Waals surface area contributed by atoms with Crippen LogP contribution in [-0.2, 0) is 10.5 Å². The van der Waals surface area contributed by atoms with Crippen molar-refractivity contribution in [2.45, 2.75) is 24.9 Å². The smallest absolute Gasteiger partial charge is 0.239 e. The molecule has 1 unspecified atom stereocenters. The van der Waals surface area contributed by atoms with Crippen molar-refractivity contribution in [3.8, 4) is 11.5 Å². The van der Waals surface area contributed by atoms with Gasteiger partial charge in [-0.1, -0.05) is 23.4 Å². The summed E-state index contributed by atoms with van der Waals surface area (Å²) < 4.78 is 10.5. The highest BCUT2D eigenvalue weighted by Crippen LogP contribution is 2.23. The number of aromatic nitrogens is 2. The fourth-order valence-electron chi connectivity index (χ4n) is 2.02. The SMILES string of the molecule is Cc1cc(NC(=O)C(C)SCc2coc(-c3ccccc3)n2)on1. The van der Waals surface area contributed by atoms with Crippen molar-refractivity contribution in [1.29, 1.82) is 0 Å². The summed E-state index contributed by atoms with van der Waals surface area (Å²) in [5.41, 5.74) is 2.45. The number of aryl methyl sites for hydroxylation is 1. The number of amides is 1. The monoisotopic (exact) mass is 343 g/mol. The second kappa shape index (κ2) is 7.35. The van der Waals surface area contributed by atoms with Gasteiger partial charge in [-0.2, -0.15) is 0 Å². The molecular weight excluding hydrogens is 326 g/mol. The van der Waals surface area contributed by atoms with E-state index in [-0.39, 0.29) is 11.2 Å². The van der Waals surface area contributed by atoms with Crippen LogP contribution in [-0.4, -0.2) is 21.3 Å². The number of oxazole rings is 1. The average Bonchev–Trinajstić information content (AvgIpc) is 3.22. The first-order chi connectivity index (χ1) is 11.6. The molecule has 6 nitrogen and oxygen atoms in total. The number of rotatable bonds is 6. The van der Waals surface area contributed by atoms with E-state index >= 15 is 0 Å².